The zero-order chi connectivity index (χ0) is 14.3. The van der Waals surface area contributed by atoms with Crippen LogP contribution < -0.4 is 5.32 Å². The predicted octanol–water partition coefficient (Wildman–Crippen LogP) is 3.05. The van der Waals surface area contributed by atoms with Gasteiger partial charge in [-0.2, -0.15) is 0 Å². The van der Waals surface area contributed by atoms with Crippen LogP contribution in [-0.2, 0) is 4.79 Å². The lowest BCUT2D eigenvalue weighted by Crippen LogP contribution is -2.51. The van der Waals surface area contributed by atoms with Crippen LogP contribution in [0.25, 0.3) is 0 Å². The van der Waals surface area contributed by atoms with Crippen molar-refractivity contribution in [1.29, 1.82) is 0 Å². The second kappa shape index (κ2) is 8.57. The molecule has 1 heterocycles. The summed E-state index contributed by atoms with van der Waals surface area (Å²) in [5.74, 6) is 1.24. The molecule has 0 bridgehead atoms. The summed E-state index contributed by atoms with van der Waals surface area (Å²) in [4.78, 5) is 14.7. The monoisotopic (exact) mass is 268 g/mol. The highest BCUT2D eigenvalue weighted by molar-refractivity contribution is 5.79. The first-order valence-electron chi connectivity index (χ1n) is 8.16. The molecule has 1 N–H and O–H groups in total. The van der Waals surface area contributed by atoms with Crippen molar-refractivity contribution in [3.05, 3.63) is 0 Å². The van der Waals surface area contributed by atoms with Crippen molar-refractivity contribution in [3.63, 3.8) is 0 Å². The van der Waals surface area contributed by atoms with E-state index in [2.05, 4.69) is 37.9 Å². The Morgan fingerprint density at radius 3 is 2.37 bits per heavy atom. The number of carbonyl (C=O) groups is 1. The summed E-state index contributed by atoms with van der Waals surface area (Å²) in [6.45, 7) is 11.7. The number of piperidine rings is 1. The van der Waals surface area contributed by atoms with E-state index in [0.29, 0.717) is 17.9 Å². The fraction of sp³-hybridized carbons (Fsp3) is 0.938. The molecular weight excluding hydrogens is 236 g/mol. The quantitative estimate of drug-likeness (QED) is 0.769. The van der Waals surface area contributed by atoms with Gasteiger partial charge in [0, 0.05) is 25.0 Å². The third kappa shape index (κ3) is 4.79. The van der Waals surface area contributed by atoms with Gasteiger partial charge in [-0.3, -0.25) is 4.79 Å². The molecular formula is C16H32N2O. The van der Waals surface area contributed by atoms with E-state index in [9.17, 15) is 4.79 Å². The Morgan fingerprint density at radius 1 is 1.26 bits per heavy atom. The van der Waals surface area contributed by atoms with Crippen LogP contribution in [0.1, 0.15) is 59.8 Å². The first-order valence-corrected chi connectivity index (χ1v) is 8.16. The molecule has 1 saturated heterocycles. The van der Waals surface area contributed by atoms with Crippen LogP contribution in [0.15, 0.2) is 0 Å². The number of nitrogens with one attached hydrogen (secondary N) is 1. The van der Waals surface area contributed by atoms with Crippen LogP contribution in [0, 0.1) is 11.8 Å². The van der Waals surface area contributed by atoms with E-state index >= 15 is 0 Å². The summed E-state index contributed by atoms with van der Waals surface area (Å²) in [5.41, 5.74) is 0. The summed E-state index contributed by atoms with van der Waals surface area (Å²) in [6.07, 6.45) is 5.42. The van der Waals surface area contributed by atoms with Crippen LogP contribution in [0.4, 0.5) is 0 Å². The van der Waals surface area contributed by atoms with Gasteiger partial charge < -0.3 is 10.2 Å². The molecule has 0 spiro atoms. The van der Waals surface area contributed by atoms with E-state index in [1.165, 1.54) is 0 Å². The third-order valence-corrected chi connectivity index (χ3v) is 4.31. The van der Waals surface area contributed by atoms with Crippen molar-refractivity contribution in [2.45, 2.75) is 65.8 Å². The summed E-state index contributed by atoms with van der Waals surface area (Å²) in [7, 11) is 0. The maximum Gasteiger partial charge on any atom is 0.225 e. The fourth-order valence-corrected chi connectivity index (χ4v) is 3.26. The number of hydrogen-bond donors (Lipinski definition) is 1. The topological polar surface area (TPSA) is 32.3 Å². The number of likely N-dealkylation sites (tertiary alicyclic amines) is 1. The number of amides is 1. The molecule has 3 nitrogen and oxygen atoms in total. The third-order valence-electron chi connectivity index (χ3n) is 4.31. The zero-order valence-electron chi connectivity index (χ0n) is 13.2. The zero-order valence-corrected chi connectivity index (χ0v) is 13.2. The van der Waals surface area contributed by atoms with Gasteiger partial charge in [-0.15, -0.1) is 0 Å². The minimum Gasteiger partial charge on any atom is -0.342 e. The number of hydrogen-bond acceptors (Lipinski definition) is 2. The molecule has 0 saturated carbocycles. The Labute approximate surface area is 119 Å². The Morgan fingerprint density at radius 2 is 1.89 bits per heavy atom. The number of nitrogens with zero attached hydrogens (tertiary/aromatic N) is 1. The summed E-state index contributed by atoms with van der Waals surface area (Å²) in [6, 6.07) is 0.588. The molecule has 1 aliphatic rings. The van der Waals surface area contributed by atoms with Crippen LogP contribution in [0.3, 0.4) is 0 Å². The van der Waals surface area contributed by atoms with Gasteiger partial charge in [0.1, 0.15) is 0 Å². The maximum atomic E-state index is 12.6. The molecule has 19 heavy (non-hydrogen) atoms. The minimum absolute atomic E-state index is 0.262. The summed E-state index contributed by atoms with van der Waals surface area (Å²) >= 11 is 0. The minimum atomic E-state index is 0.262. The average molecular weight is 268 g/mol. The van der Waals surface area contributed by atoms with Crippen molar-refractivity contribution in [1.82, 2.24) is 10.2 Å². The second-order valence-electron chi connectivity index (χ2n) is 5.99. The van der Waals surface area contributed by atoms with Crippen molar-refractivity contribution >= 4 is 5.91 Å². The smallest absolute Gasteiger partial charge is 0.225 e. The van der Waals surface area contributed by atoms with E-state index in [0.717, 1.165) is 51.7 Å². The Balaban J connectivity index is 2.53. The molecule has 0 aromatic heterocycles. The van der Waals surface area contributed by atoms with Crippen LogP contribution in [0.2, 0.25) is 0 Å². The molecule has 0 aromatic rings. The maximum absolute atomic E-state index is 12.6. The molecule has 1 amide bonds. The van der Waals surface area contributed by atoms with Gasteiger partial charge >= 0.3 is 0 Å². The van der Waals surface area contributed by atoms with Gasteiger partial charge in [-0.05, 0) is 31.7 Å². The van der Waals surface area contributed by atoms with E-state index in [-0.39, 0.29) is 5.92 Å². The van der Waals surface area contributed by atoms with Crippen molar-refractivity contribution in [2.24, 2.45) is 11.8 Å². The van der Waals surface area contributed by atoms with E-state index in [4.69, 9.17) is 0 Å². The standard InChI is InChI=1S/C16H32N2O/c1-5-8-14(9-6-2)16(19)18-11-10-15(17-7-3)13(4)12-18/h13-15,17H,5-12H2,1-4H3. The predicted molar refractivity (Wildman–Crippen MR) is 81.1 cm³/mol. The SMILES string of the molecule is CCCC(CCC)C(=O)N1CCC(NCC)C(C)C1. The fourth-order valence-electron chi connectivity index (χ4n) is 3.26. The van der Waals surface area contributed by atoms with Crippen molar-refractivity contribution in [3.8, 4) is 0 Å². The first-order chi connectivity index (χ1) is 9.13. The lowest BCUT2D eigenvalue weighted by atomic mass is 9.91. The molecule has 2 atom stereocenters. The van der Waals surface area contributed by atoms with Crippen molar-refractivity contribution in [2.75, 3.05) is 19.6 Å². The molecule has 0 aromatic carbocycles. The molecule has 0 radical (unpaired) electrons. The average Bonchev–Trinajstić information content (AvgIpc) is 2.40. The van der Waals surface area contributed by atoms with E-state index < -0.39 is 0 Å². The molecule has 2 unspecified atom stereocenters. The Bertz CT molecular complexity index is 261. The molecule has 1 rings (SSSR count). The van der Waals surface area contributed by atoms with Crippen molar-refractivity contribution < 1.29 is 4.79 Å². The first kappa shape index (κ1) is 16.5. The Kier molecular flexibility index (Phi) is 7.44. The lowest BCUT2D eigenvalue weighted by Gasteiger charge is -2.38. The van der Waals surface area contributed by atoms with Gasteiger partial charge in [-0.25, -0.2) is 0 Å². The van der Waals surface area contributed by atoms with Crippen LogP contribution in [-0.4, -0.2) is 36.5 Å². The van der Waals surface area contributed by atoms with Crippen LogP contribution in [0.5, 0.6) is 0 Å². The highest BCUT2D eigenvalue weighted by atomic mass is 16.2. The molecule has 1 fully saturated rings. The van der Waals surface area contributed by atoms with Gasteiger partial charge in [0.2, 0.25) is 5.91 Å². The largest absolute Gasteiger partial charge is 0.342 e. The Hall–Kier alpha value is -0.570. The molecule has 112 valence electrons. The molecule has 3 heteroatoms. The summed E-state index contributed by atoms with van der Waals surface area (Å²) in [5, 5.41) is 3.54. The molecule has 1 aliphatic heterocycles. The van der Waals surface area contributed by atoms with Crippen LogP contribution >= 0.6 is 0 Å². The van der Waals surface area contributed by atoms with Gasteiger partial charge in [-0.1, -0.05) is 40.5 Å². The van der Waals surface area contributed by atoms with E-state index in [1.807, 2.05) is 0 Å². The number of carbonyl (C=O) groups excluding carboxylic acids is 1. The van der Waals surface area contributed by atoms with Gasteiger partial charge in [0.05, 0.1) is 0 Å². The highest BCUT2D eigenvalue weighted by Gasteiger charge is 2.30. The second-order valence-corrected chi connectivity index (χ2v) is 5.99. The normalized spacial score (nSPS) is 23.9. The summed E-state index contributed by atoms with van der Waals surface area (Å²) < 4.78 is 0. The lowest BCUT2D eigenvalue weighted by molar-refractivity contribution is -0.138. The number of rotatable bonds is 7. The van der Waals surface area contributed by atoms with E-state index in [1.54, 1.807) is 0 Å². The molecule has 0 aliphatic carbocycles. The van der Waals surface area contributed by atoms with Gasteiger partial charge in [0.15, 0.2) is 0 Å². The highest BCUT2D eigenvalue weighted by Crippen LogP contribution is 2.22. The van der Waals surface area contributed by atoms with Gasteiger partial charge in [0.25, 0.3) is 0 Å².